The Kier molecular flexibility index (Phi) is 3.35. The monoisotopic (exact) mass is 265 g/mol. The fraction of sp³-hybridized carbons (Fsp3) is 0.118. The molecule has 1 N–H and O–H groups in total. The Balaban J connectivity index is 2.37. The van der Waals surface area contributed by atoms with Gasteiger partial charge in [-0.2, -0.15) is 0 Å². The second kappa shape index (κ2) is 5.31. The van der Waals surface area contributed by atoms with Crippen LogP contribution in [0.2, 0.25) is 0 Å². The maximum atomic E-state index is 12.2. The fourth-order valence-electron chi connectivity index (χ4n) is 2.48. The van der Waals surface area contributed by atoms with E-state index in [4.69, 9.17) is 4.74 Å². The summed E-state index contributed by atoms with van der Waals surface area (Å²) in [5, 5.41) is 1.64. The van der Waals surface area contributed by atoms with Crippen LogP contribution in [-0.4, -0.2) is 12.1 Å². The van der Waals surface area contributed by atoms with Crippen LogP contribution >= 0.6 is 0 Å². The molecule has 100 valence electrons. The van der Waals surface area contributed by atoms with E-state index in [9.17, 15) is 4.79 Å². The molecule has 0 aliphatic heterocycles. The number of hydrogen-bond donors (Lipinski definition) is 1. The molecule has 0 amide bonds. The number of H-pyrrole nitrogens is 1. The lowest BCUT2D eigenvalue weighted by Crippen LogP contribution is -2.11. The second-order valence-electron chi connectivity index (χ2n) is 4.65. The van der Waals surface area contributed by atoms with Gasteiger partial charge in [0.05, 0.1) is 12.3 Å². The predicted molar refractivity (Wildman–Crippen MR) is 80.7 cm³/mol. The smallest absolute Gasteiger partial charge is 0.256 e. The van der Waals surface area contributed by atoms with E-state index in [1.807, 2.05) is 54.6 Å². The number of fused-ring (bicyclic) bond motifs is 1. The molecule has 3 heteroatoms. The highest BCUT2D eigenvalue weighted by Gasteiger charge is 2.12. The van der Waals surface area contributed by atoms with Crippen molar-refractivity contribution in [1.82, 2.24) is 4.98 Å². The lowest BCUT2D eigenvalue weighted by Gasteiger charge is -2.12. The highest BCUT2D eigenvalue weighted by atomic mass is 16.5. The van der Waals surface area contributed by atoms with Gasteiger partial charge >= 0.3 is 0 Å². The molecule has 2 aromatic carbocycles. The van der Waals surface area contributed by atoms with E-state index in [-0.39, 0.29) is 5.56 Å². The number of aromatic nitrogens is 1. The minimum Gasteiger partial charge on any atom is -0.380 e. The highest BCUT2D eigenvalue weighted by molar-refractivity contribution is 5.89. The molecule has 1 heterocycles. The van der Waals surface area contributed by atoms with E-state index in [1.165, 1.54) is 0 Å². The van der Waals surface area contributed by atoms with Gasteiger partial charge in [0.1, 0.15) is 0 Å². The zero-order chi connectivity index (χ0) is 13.9. The summed E-state index contributed by atoms with van der Waals surface area (Å²) >= 11 is 0. The molecule has 0 fully saturated rings. The molecule has 0 saturated heterocycles. The number of benzene rings is 2. The van der Waals surface area contributed by atoms with Gasteiger partial charge in [0.15, 0.2) is 0 Å². The van der Waals surface area contributed by atoms with Crippen LogP contribution in [0.5, 0.6) is 0 Å². The maximum absolute atomic E-state index is 12.2. The maximum Gasteiger partial charge on any atom is 0.256 e. The molecule has 1 aromatic heterocycles. The summed E-state index contributed by atoms with van der Waals surface area (Å²) in [5.41, 5.74) is 2.76. The minimum absolute atomic E-state index is 0.0701. The molecular formula is C17H15NO2. The third-order valence-corrected chi connectivity index (χ3v) is 3.39. The van der Waals surface area contributed by atoms with Crippen LogP contribution in [0.15, 0.2) is 59.4 Å². The summed E-state index contributed by atoms with van der Waals surface area (Å²) in [7, 11) is 1.66. The average molecular weight is 265 g/mol. The van der Waals surface area contributed by atoms with Crippen molar-refractivity contribution in [2.45, 2.75) is 6.61 Å². The molecule has 0 unspecified atom stereocenters. The molecule has 0 spiro atoms. The fourth-order valence-corrected chi connectivity index (χ4v) is 2.48. The molecule has 0 atom stereocenters. The molecule has 0 radical (unpaired) electrons. The van der Waals surface area contributed by atoms with Crippen molar-refractivity contribution in [2.75, 3.05) is 7.11 Å². The summed E-state index contributed by atoms with van der Waals surface area (Å²) in [6.45, 7) is 0.460. The van der Waals surface area contributed by atoms with Crippen LogP contribution in [0.25, 0.3) is 22.0 Å². The van der Waals surface area contributed by atoms with E-state index in [2.05, 4.69) is 4.98 Å². The molecule has 3 nitrogen and oxygen atoms in total. The van der Waals surface area contributed by atoms with Gasteiger partial charge in [-0.25, -0.2) is 0 Å². The third kappa shape index (κ3) is 2.12. The number of hydrogen-bond acceptors (Lipinski definition) is 2. The lowest BCUT2D eigenvalue weighted by molar-refractivity contribution is 0.186. The highest BCUT2D eigenvalue weighted by Crippen LogP contribution is 2.26. The van der Waals surface area contributed by atoms with E-state index in [0.717, 1.165) is 22.2 Å². The summed E-state index contributed by atoms with van der Waals surface area (Å²) in [6.07, 6.45) is 0. The molecule has 0 aliphatic carbocycles. The molecule has 20 heavy (non-hydrogen) atoms. The van der Waals surface area contributed by atoms with E-state index in [0.29, 0.717) is 12.0 Å². The van der Waals surface area contributed by atoms with Gasteiger partial charge in [-0.05, 0) is 17.0 Å². The van der Waals surface area contributed by atoms with Crippen molar-refractivity contribution in [3.05, 3.63) is 70.5 Å². The summed E-state index contributed by atoms with van der Waals surface area (Å²) in [4.78, 5) is 15.2. The van der Waals surface area contributed by atoms with E-state index in [1.54, 1.807) is 7.11 Å². The standard InChI is InChI=1S/C17H15NO2/c1-20-11-15-13-9-5-6-10-14(13)17(19)18-16(15)12-7-3-2-4-8-12/h2-10H,11H2,1H3,(H,18,19). The number of ether oxygens (including phenoxy) is 1. The van der Waals surface area contributed by atoms with Crippen molar-refractivity contribution in [2.24, 2.45) is 0 Å². The Morgan fingerprint density at radius 1 is 0.950 bits per heavy atom. The molecular weight excluding hydrogens is 250 g/mol. The SMILES string of the molecule is COCc1c(-c2ccccc2)[nH]c(=O)c2ccccc12. The first kappa shape index (κ1) is 12.6. The Labute approximate surface area is 116 Å². The first-order valence-electron chi connectivity index (χ1n) is 6.49. The van der Waals surface area contributed by atoms with Gasteiger partial charge in [-0.3, -0.25) is 4.79 Å². The van der Waals surface area contributed by atoms with Crippen LogP contribution in [0.3, 0.4) is 0 Å². The van der Waals surface area contributed by atoms with E-state index < -0.39 is 0 Å². The Morgan fingerprint density at radius 2 is 1.60 bits per heavy atom. The number of nitrogens with one attached hydrogen (secondary N) is 1. The van der Waals surface area contributed by atoms with Crippen molar-refractivity contribution >= 4 is 10.8 Å². The Morgan fingerprint density at radius 3 is 2.30 bits per heavy atom. The Bertz CT molecular complexity index is 791. The van der Waals surface area contributed by atoms with Gasteiger partial charge in [-0.1, -0.05) is 48.5 Å². The van der Waals surface area contributed by atoms with Gasteiger partial charge < -0.3 is 9.72 Å². The van der Waals surface area contributed by atoms with Crippen molar-refractivity contribution in [3.63, 3.8) is 0 Å². The molecule has 0 aliphatic rings. The molecule has 3 rings (SSSR count). The third-order valence-electron chi connectivity index (χ3n) is 3.39. The first-order chi connectivity index (χ1) is 9.81. The van der Waals surface area contributed by atoms with Gasteiger partial charge in [0.25, 0.3) is 5.56 Å². The largest absolute Gasteiger partial charge is 0.380 e. The lowest BCUT2D eigenvalue weighted by atomic mass is 10.0. The number of methoxy groups -OCH3 is 1. The van der Waals surface area contributed by atoms with Gasteiger partial charge in [0, 0.05) is 18.1 Å². The van der Waals surface area contributed by atoms with Gasteiger partial charge in [-0.15, -0.1) is 0 Å². The number of pyridine rings is 1. The normalized spacial score (nSPS) is 10.8. The molecule has 0 saturated carbocycles. The van der Waals surface area contributed by atoms with Gasteiger partial charge in [0.2, 0.25) is 0 Å². The summed E-state index contributed by atoms with van der Waals surface area (Å²) in [6, 6.07) is 17.5. The molecule has 0 bridgehead atoms. The van der Waals surface area contributed by atoms with E-state index >= 15 is 0 Å². The topological polar surface area (TPSA) is 42.1 Å². The predicted octanol–water partition coefficient (Wildman–Crippen LogP) is 3.34. The number of rotatable bonds is 3. The van der Waals surface area contributed by atoms with Crippen molar-refractivity contribution < 1.29 is 4.74 Å². The van der Waals surface area contributed by atoms with Crippen LogP contribution in [0.1, 0.15) is 5.56 Å². The summed E-state index contributed by atoms with van der Waals surface area (Å²) in [5.74, 6) is 0. The van der Waals surface area contributed by atoms with Crippen molar-refractivity contribution in [1.29, 1.82) is 0 Å². The quantitative estimate of drug-likeness (QED) is 0.789. The van der Waals surface area contributed by atoms with Crippen LogP contribution in [0, 0.1) is 0 Å². The van der Waals surface area contributed by atoms with Crippen LogP contribution in [-0.2, 0) is 11.3 Å². The second-order valence-corrected chi connectivity index (χ2v) is 4.65. The zero-order valence-electron chi connectivity index (χ0n) is 11.2. The zero-order valence-corrected chi connectivity index (χ0v) is 11.2. The Hall–Kier alpha value is -2.39. The van der Waals surface area contributed by atoms with Crippen LogP contribution < -0.4 is 5.56 Å². The summed E-state index contributed by atoms with van der Waals surface area (Å²) < 4.78 is 5.32. The molecule has 3 aromatic rings. The van der Waals surface area contributed by atoms with Crippen molar-refractivity contribution in [3.8, 4) is 11.3 Å². The minimum atomic E-state index is -0.0701. The first-order valence-corrected chi connectivity index (χ1v) is 6.49. The average Bonchev–Trinajstić information content (AvgIpc) is 2.51. The van der Waals surface area contributed by atoms with Crippen LogP contribution in [0.4, 0.5) is 0 Å². The number of aromatic amines is 1.